The first-order chi connectivity index (χ1) is 15.4. The number of hydrogen-bond acceptors (Lipinski definition) is 4. The summed E-state index contributed by atoms with van der Waals surface area (Å²) in [6, 6.07) is 15.4. The number of carbonyl (C=O) groups is 3. The van der Waals surface area contributed by atoms with E-state index in [1.165, 1.54) is 16.7 Å². The summed E-state index contributed by atoms with van der Waals surface area (Å²) < 4.78 is 5.80. The van der Waals surface area contributed by atoms with Crippen LogP contribution < -0.4 is 0 Å². The number of likely N-dealkylation sites (tertiary alicyclic amines) is 2. The number of carbonyl (C=O) groups excluding carboxylic acids is 2. The van der Waals surface area contributed by atoms with E-state index in [0.717, 1.165) is 22.3 Å². The Morgan fingerprint density at radius 3 is 2.31 bits per heavy atom. The fourth-order valence-corrected chi connectivity index (χ4v) is 5.58. The van der Waals surface area contributed by atoms with Gasteiger partial charge in [0.05, 0.1) is 0 Å². The molecule has 0 aromatic heterocycles. The van der Waals surface area contributed by atoms with E-state index in [-0.39, 0.29) is 18.4 Å². The van der Waals surface area contributed by atoms with Crippen LogP contribution in [0.25, 0.3) is 11.1 Å². The van der Waals surface area contributed by atoms with Crippen molar-refractivity contribution in [3.63, 3.8) is 0 Å². The molecule has 166 valence electrons. The maximum atomic E-state index is 13.2. The van der Waals surface area contributed by atoms with Gasteiger partial charge in [-0.15, -0.1) is 0 Å². The van der Waals surface area contributed by atoms with Crippen molar-refractivity contribution >= 4 is 18.0 Å². The first-order valence-electron chi connectivity index (χ1n) is 11.1. The van der Waals surface area contributed by atoms with Gasteiger partial charge < -0.3 is 14.7 Å². The van der Waals surface area contributed by atoms with Crippen LogP contribution in [0.5, 0.6) is 0 Å². The zero-order valence-electron chi connectivity index (χ0n) is 18.0. The predicted octanol–water partition coefficient (Wildman–Crippen LogP) is 3.48. The van der Waals surface area contributed by atoms with Crippen molar-refractivity contribution in [2.45, 2.75) is 43.7 Å². The normalized spacial score (nSPS) is 22.8. The monoisotopic (exact) mass is 434 g/mol. The molecule has 2 fully saturated rings. The number of aliphatic carboxylic acids is 1. The number of hydrogen-bond donors (Lipinski definition) is 1. The van der Waals surface area contributed by atoms with Crippen molar-refractivity contribution < 1.29 is 24.2 Å². The van der Waals surface area contributed by atoms with Gasteiger partial charge in [-0.3, -0.25) is 9.69 Å². The summed E-state index contributed by atoms with van der Waals surface area (Å²) in [6.45, 7) is 2.48. The maximum Gasteiger partial charge on any atom is 0.410 e. The maximum absolute atomic E-state index is 13.2. The molecule has 2 atom stereocenters. The molecule has 32 heavy (non-hydrogen) atoms. The molecule has 7 heteroatoms. The molecule has 1 spiro atoms. The van der Waals surface area contributed by atoms with Crippen molar-refractivity contribution in [2.24, 2.45) is 0 Å². The van der Waals surface area contributed by atoms with Gasteiger partial charge in [-0.05, 0) is 48.4 Å². The molecular weight excluding hydrogens is 408 g/mol. The van der Waals surface area contributed by atoms with E-state index in [2.05, 4.69) is 24.3 Å². The lowest BCUT2D eigenvalue weighted by molar-refractivity contribution is -0.150. The van der Waals surface area contributed by atoms with Crippen LogP contribution in [-0.4, -0.2) is 64.2 Å². The van der Waals surface area contributed by atoms with E-state index >= 15 is 0 Å². The molecule has 2 aromatic carbocycles. The Balaban J connectivity index is 1.34. The number of carboxylic acids is 1. The number of carboxylic acid groups (broad SMARTS) is 1. The van der Waals surface area contributed by atoms with E-state index in [4.69, 9.17) is 4.74 Å². The van der Waals surface area contributed by atoms with Crippen LogP contribution in [0.1, 0.15) is 43.2 Å². The highest BCUT2D eigenvalue weighted by molar-refractivity contribution is 5.95. The molecule has 2 amide bonds. The van der Waals surface area contributed by atoms with Crippen LogP contribution in [0.15, 0.2) is 48.5 Å². The minimum atomic E-state index is -1.04. The fraction of sp³-hybridized carbons (Fsp3) is 0.400. The van der Waals surface area contributed by atoms with Crippen molar-refractivity contribution in [3.05, 3.63) is 59.7 Å². The molecule has 0 bridgehead atoms. The predicted molar refractivity (Wildman–Crippen MR) is 117 cm³/mol. The van der Waals surface area contributed by atoms with Crippen LogP contribution in [0.2, 0.25) is 0 Å². The van der Waals surface area contributed by atoms with Crippen LogP contribution in [0, 0.1) is 0 Å². The number of amides is 2. The number of nitrogens with zero attached hydrogens (tertiary/aromatic N) is 2. The molecule has 1 N–H and O–H groups in total. The zero-order valence-corrected chi connectivity index (χ0v) is 18.0. The van der Waals surface area contributed by atoms with Crippen LogP contribution in [-0.2, 0) is 14.3 Å². The van der Waals surface area contributed by atoms with Crippen molar-refractivity contribution in [2.75, 3.05) is 19.7 Å². The first kappa shape index (κ1) is 20.5. The average molecular weight is 434 g/mol. The molecule has 1 aliphatic carbocycles. The second kappa shape index (κ2) is 7.65. The molecule has 0 radical (unpaired) electrons. The second-order valence-corrected chi connectivity index (χ2v) is 8.85. The Morgan fingerprint density at radius 2 is 1.69 bits per heavy atom. The summed E-state index contributed by atoms with van der Waals surface area (Å²) in [5.74, 6) is -1.37. The van der Waals surface area contributed by atoms with Crippen molar-refractivity contribution in [3.8, 4) is 11.1 Å². The van der Waals surface area contributed by atoms with Crippen molar-refractivity contribution in [1.29, 1.82) is 0 Å². The van der Waals surface area contributed by atoms with Gasteiger partial charge in [0.2, 0.25) is 5.91 Å². The lowest BCUT2D eigenvalue weighted by atomic mass is 9.94. The van der Waals surface area contributed by atoms with Gasteiger partial charge in [-0.25, -0.2) is 9.59 Å². The summed E-state index contributed by atoms with van der Waals surface area (Å²) in [6.07, 6.45) is 1.18. The lowest BCUT2D eigenvalue weighted by Gasteiger charge is -2.33. The molecule has 2 aliphatic heterocycles. The Labute approximate surface area is 186 Å². The van der Waals surface area contributed by atoms with E-state index < -0.39 is 23.6 Å². The number of fused-ring (bicyclic) bond motifs is 3. The van der Waals surface area contributed by atoms with Gasteiger partial charge in [0.25, 0.3) is 0 Å². The van der Waals surface area contributed by atoms with Crippen molar-refractivity contribution in [1.82, 2.24) is 9.80 Å². The van der Waals surface area contributed by atoms with E-state index in [9.17, 15) is 19.5 Å². The highest BCUT2D eigenvalue weighted by Gasteiger charge is 2.57. The summed E-state index contributed by atoms with van der Waals surface area (Å²) >= 11 is 0. The lowest BCUT2D eigenvalue weighted by Crippen LogP contribution is -2.54. The van der Waals surface area contributed by atoms with Crippen LogP contribution in [0.4, 0.5) is 4.79 Å². The zero-order chi connectivity index (χ0) is 22.5. The summed E-state index contributed by atoms with van der Waals surface area (Å²) in [7, 11) is 0. The first-order valence-corrected chi connectivity index (χ1v) is 11.1. The van der Waals surface area contributed by atoms with Gasteiger partial charge in [0, 0.05) is 19.0 Å². The topological polar surface area (TPSA) is 87.2 Å². The minimum Gasteiger partial charge on any atom is -0.480 e. The van der Waals surface area contributed by atoms with Crippen LogP contribution in [0.3, 0.4) is 0 Å². The highest BCUT2D eigenvalue weighted by Crippen LogP contribution is 2.45. The standard InChI is InChI=1S/C25H26N2O5/c1-16(22(28)29)26-14-12-25(23(26)30)11-6-13-27(25)24(31)32-15-21-19-9-4-2-7-17(19)18-8-3-5-10-20(18)21/h2-5,7-10,16,21H,6,11-15H2,1H3,(H,28,29)/t16?,25-/m0/s1. The average Bonchev–Trinajstić information content (AvgIpc) is 3.47. The van der Waals surface area contributed by atoms with E-state index in [1.807, 2.05) is 24.3 Å². The molecule has 1 unspecified atom stereocenters. The molecule has 7 nitrogen and oxygen atoms in total. The fourth-order valence-electron chi connectivity index (χ4n) is 5.58. The number of ether oxygens (including phenoxy) is 1. The number of rotatable bonds is 4. The number of benzene rings is 2. The summed E-state index contributed by atoms with van der Waals surface area (Å²) in [5.41, 5.74) is 3.61. The summed E-state index contributed by atoms with van der Waals surface area (Å²) in [5, 5.41) is 9.33. The van der Waals surface area contributed by atoms with E-state index in [1.54, 1.807) is 0 Å². The highest BCUT2D eigenvalue weighted by atomic mass is 16.6. The Hall–Kier alpha value is -3.35. The quantitative estimate of drug-likeness (QED) is 0.796. The Bertz CT molecular complexity index is 1050. The van der Waals surface area contributed by atoms with E-state index in [0.29, 0.717) is 32.4 Å². The molecule has 3 aliphatic rings. The summed E-state index contributed by atoms with van der Waals surface area (Å²) in [4.78, 5) is 40.7. The second-order valence-electron chi connectivity index (χ2n) is 8.85. The van der Waals surface area contributed by atoms with Gasteiger partial charge in [0.15, 0.2) is 0 Å². The van der Waals surface area contributed by atoms with Crippen LogP contribution >= 0.6 is 0 Å². The third-order valence-corrected chi connectivity index (χ3v) is 7.30. The Morgan fingerprint density at radius 1 is 1.06 bits per heavy atom. The van der Waals surface area contributed by atoms with Gasteiger partial charge >= 0.3 is 12.1 Å². The smallest absolute Gasteiger partial charge is 0.410 e. The van der Waals surface area contributed by atoms with Gasteiger partial charge in [-0.1, -0.05) is 48.5 Å². The van der Waals surface area contributed by atoms with Gasteiger partial charge in [0.1, 0.15) is 18.2 Å². The molecule has 5 rings (SSSR count). The molecular formula is C25H26N2O5. The molecule has 0 saturated carbocycles. The molecule has 2 aromatic rings. The minimum absolute atomic E-state index is 0.0484. The third-order valence-electron chi connectivity index (χ3n) is 7.30. The molecule has 2 saturated heterocycles. The largest absolute Gasteiger partial charge is 0.480 e. The molecule has 2 heterocycles. The van der Waals surface area contributed by atoms with Gasteiger partial charge in [-0.2, -0.15) is 0 Å². The third kappa shape index (κ3) is 2.98. The Kier molecular flexibility index (Phi) is 4.92. The SMILES string of the molecule is CC(C(=O)O)N1CC[C@@]2(CCCN2C(=O)OCC2c3ccccc3-c3ccccc32)C1=O.